The first-order valence-electron chi connectivity index (χ1n) is 2.08. The fourth-order valence-corrected chi connectivity index (χ4v) is 0.452. The highest BCUT2D eigenvalue weighted by Gasteiger charge is 1.92. The number of aromatic nitrogens is 2. The molecule has 0 radical (unpaired) electrons. The molecule has 1 aromatic heterocycles. The van der Waals surface area contributed by atoms with Crippen molar-refractivity contribution in [2.45, 2.75) is 0 Å². The number of nitrogens with one attached hydrogen (secondary N) is 1. The van der Waals surface area contributed by atoms with E-state index in [-0.39, 0.29) is 0 Å². The third-order valence-corrected chi connectivity index (χ3v) is 0.892. The Balaban J connectivity index is 3.03. The number of H-pyrrole nitrogens is 1. The number of halogens is 1. The molecule has 0 fully saturated rings. The Labute approximate surface area is 51.5 Å². The van der Waals surface area contributed by atoms with Crippen molar-refractivity contribution >= 4 is 17.5 Å². The van der Waals surface area contributed by atoms with Crippen LogP contribution in [0.5, 0.6) is 0 Å². The Morgan fingerprint density at radius 3 is 2.88 bits per heavy atom. The summed E-state index contributed by atoms with van der Waals surface area (Å²) in [4.78, 5) is 6.30. The third kappa shape index (κ3) is 1.07. The van der Waals surface area contributed by atoms with Crippen molar-refractivity contribution in [3.63, 3.8) is 0 Å². The molecule has 0 aromatic carbocycles. The normalized spacial score (nSPS) is 9.12. The van der Waals surface area contributed by atoms with Crippen LogP contribution in [0.3, 0.4) is 0 Å². The molecule has 0 spiro atoms. The van der Waals surface area contributed by atoms with Crippen LogP contribution in [0.4, 0.5) is 5.95 Å². The highest BCUT2D eigenvalue weighted by atomic mass is 35.5. The van der Waals surface area contributed by atoms with E-state index >= 15 is 0 Å². The summed E-state index contributed by atoms with van der Waals surface area (Å²) in [7, 11) is 0. The lowest BCUT2D eigenvalue weighted by Crippen LogP contribution is -2.10. The minimum absolute atomic E-state index is 0.370. The first kappa shape index (κ1) is 5.31. The zero-order chi connectivity index (χ0) is 5.98. The maximum Gasteiger partial charge on any atom is 0.386 e. The van der Waals surface area contributed by atoms with Crippen molar-refractivity contribution < 1.29 is 4.98 Å². The number of hydrogen-bond acceptors (Lipinski definition) is 2. The van der Waals surface area contributed by atoms with Gasteiger partial charge in [0.1, 0.15) is 11.2 Å². The number of hydrogen-bond donors (Lipinski definition) is 1. The number of anilines is 1. The first-order valence-corrected chi connectivity index (χ1v) is 2.45. The van der Waals surface area contributed by atoms with Crippen LogP contribution in [0.25, 0.3) is 0 Å². The maximum atomic E-state index is 5.46. The van der Waals surface area contributed by atoms with E-state index in [0.29, 0.717) is 11.0 Å². The van der Waals surface area contributed by atoms with Gasteiger partial charge in [-0.05, 0) is 0 Å². The molecule has 1 rings (SSSR count). The quantitative estimate of drug-likeness (QED) is 0.543. The Bertz CT molecular complexity index is 150. The van der Waals surface area contributed by atoms with Crippen LogP contribution in [-0.4, -0.2) is 4.98 Å². The van der Waals surface area contributed by atoms with Gasteiger partial charge in [0, 0.05) is 0 Å². The lowest BCUT2D eigenvalue weighted by Gasteiger charge is -1.79. The molecule has 0 aliphatic heterocycles. The summed E-state index contributed by atoms with van der Waals surface area (Å²) in [6, 6.07) is 0. The van der Waals surface area contributed by atoms with Gasteiger partial charge in [0.25, 0.3) is 0 Å². The molecule has 3 N–H and O–H groups in total. The van der Waals surface area contributed by atoms with Crippen LogP contribution in [0.15, 0.2) is 12.4 Å². The molecule has 4 heteroatoms. The van der Waals surface area contributed by atoms with E-state index in [1.165, 1.54) is 6.20 Å². The molecule has 0 amide bonds. The molecule has 1 aromatic rings. The number of nitrogens with two attached hydrogens (primary N) is 1. The number of rotatable bonds is 0. The fraction of sp³-hybridized carbons (Fsp3) is 0. The predicted octanol–water partition coefficient (Wildman–Crippen LogP) is 0.131. The number of nitrogens with zero attached hydrogens (tertiary/aromatic N) is 1. The van der Waals surface area contributed by atoms with Gasteiger partial charge in [-0.3, -0.25) is 5.73 Å². The van der Waals surface area contributed by atoms with E-state index in [0.717, 1.165) is 0 Å². The summed E-state index contributed by atoms with van der Waals surface area (Å²) < 4.78 is 0. The molecule has 0 atom stereocenters. The van der Waals surface area contributed by atoms with Gasteiger partial charge in [-0.25, -0.2) is 4.98 Å². The minimum atomic E-state index is 0.370. The van der Waals surface area contributed by atoms with Crippen LogP contribution < -0.4 is 10.7 Å². The van der Waals surface area contributed by atoms with Gasteiger partial charge in [-0.15, -0.1) is 0 Å². The summed E-state index contributed by atoms with van der Waals surface area (Å²) in [5.41, 5.74) is 5.20. The monoisotopic (exact) mass is 130 g/mol. The zero-order valence-corrected chi connectivity index (χ0v) is 4.81. The van der Waals surface area contributed by atoms with Crippen LogP contribution in [0, 0.1) is 0 Å². The Morgan fingerprint density at radius 2 is 2.50 bits per heavy atom. The molecule has 0 bridgehead atoms. The molecule has 3 nitrogen and oxygen atoms in total. The minimum Gasteiger partial charge on any atom is -0.287 e. The molecule has 8 heavy (non-hydrogen) atoms. The molecule has 42 valence electrons. The van der Waals surface area contributed by atoms with E-state index in [9.17, 15) is 0 Å². The zero-order valence-electron chi connectivity index (χ0n) is 4.06. The Hall–Kier alpha value is -0.830. The van der Waals surface area contributed by atoms with Crippen LogP contribution in [0.2, 0.25) is 5.02 Å². The summed E-state index contributed by atoms with van der Waals surface area (Å²) >= 11 is 5.46. The molecule has 0 saturated heterocycles. The molecular formula is C4H5ClN3+. The Kier molecular flexibility index (Phi) is 1.30. The van der Waals surface area contributed by atoms with Crippen molar-refractivity contribution in [2.75, 3.05) is 5.73 Å². The average molecular weight is 131 g/mol. The predicted molar refractivity (Wildman–Crippen MR) is 30.2 cm³/mol. The third-order valence-electron chi connectivity index (χ3n) is 0.685. The average Bonchev–Trinajstić information content (AvgIpc) is 1.77. The molecule has 0 saturated carbocycles. The topological polar surface area (TPSA) is 53.0 Å². The highest BCUT2D eigenvalue weighted by Crippen LogP contribution is 1.99. The SMILES string of the molecule is Nc1ncc(Cl)c[nH+]1. The van der Waals surface area contributed by atoms with Crippen molar-refractivity contribution in [3.05, 3.63) is 17.4 Å². The van der Waals surface area contributed by atoms with E-state index in [4.69, 9.17) is 17.3 Å². The summed E-state index contributed by atoms with van der Waals surface area (Å²) in [6.07, 6.45) is 3.05. The lowest BCUT2D eigenvalue weighted by atomic mass is 10.7. The van der Waals surface area contributed by atoms with Crippen molar-refractivity contribution in [1.82, 2.24) is 4.98 Å². The summed E-state index contributed by atoms with van der Waals surface area (Å²) in [6.45, 7) is 0. The molecule has 1 heterocycles. The Morgan fingerprint density at radius 1 is 1.75 bits per heavy atom. The first-order chi connectivity index (χ1) is 3.79. The van der Waals surface area contributed by atoms with E-state index in [1.54, 1.807) is 6.20 Å². The summed E-state index contributed by atoms with van der Waals surface area (Å²) in [5, 5.41) is 0.555. The molecule has 0 aliphatic rings. The van der Waals surface area contributed by atoms with E-state index < -0.39 is 0 Å². The van der Waals surface area contributed by atoms with Gasteiger partial charge in [-0.1, -0.05) is 16.6 Å². The standard InChI is InChI=1S/C4H4ClN3/c5-3-1-7-4(6)8-2-3/h1-2H,(H2,6,7,8)/p+1. The molecule has 0 unspecified atom stereocenters. The largest absolute Gasteiger partial charge is 0.386 e. The van der Waals surface area contributed by atoms with Gasteiger partial charge in [0.2, 0.25) is 0 Å². The second kappa shape index (κ2) is 1.96. The number of nitrogen functional groups attached to an aromatic ring is 1. The van der Waals surface area contributed by atoms with Crippen LogP contribution in [-0.2, 0) is 0 Å². The van der Waals surface area contributed by atoms with Gasteiger partial charge in [0.05, 0.1) is 6.20 Å². The van der Waals surface area contributed by atoms with Crippen LogP contribution >= 0.6 is 11.6 Å². The maximum absolute atomic E-state index is 5.46. The van der Waals surface area contributed by atoms with Gasteiger partial charge in [-0.2, -0.15) is 0 Å². The van der Waals surface area contributed by atoms with Gasteiger partial charge < -0.3 is 0 Å². The second-order valence-electron chi connectivity index (χ2n) is 1.32. The lowest BCUT2D eigenvalue weighted by molar-refractivity contribution is -0.364. The smallest absolute Gasteiger partial charge is 0.287 e. The molecule has 0 aliphatic carbocycles. The van der Waals surface area contributed by atoms with Gasteiger partial charge >= 0.3 is 5.95 Å². The van der Waals surface area contributed by atoms with E-state index in [2.05, 4.69) is 9.97 Å². The van der Waals surface area contributed by atoms with Crippen LogP contribution in [0.1, 0.15) is 0 Å². The number of aromatic amines is 1. The van der Waals surface area contributed by atoms with E-state index in [1.807, 2.05) is 0 Å². The fourth-order valence-electron chi connectivity index (χ4n) is 0.349. The second-order valence-corrected chi connectivity index (χ2v) is 1.75. The van der Waals surface area contributed by atoms with Crippen molar-refractivity contribution in [2.24, 2.45) is 0 Å². The van der Waals surface area contributed by atoms with Crippen molar-refractivity contribution in [3.8, 4) is 0 Å². The molecular weight excluding hydrogens is 126 g/mol. The van der Waals surface area contributed by atoms with Crippen molar-refractivity contribution in [1.29, 1.82) is 0 Å². The highest BCUT2D eigenvalue weighted by molar-refractivity contribution is 6.30. The van der Waals surface area contributed by atoms with Gasteiger partial charge in [0.15, 0.2) is 0 Å². The summed E-state index contributed by atoms with van der Waals surface area (Å²) in [5.74, 6) is 0.370.